The number of Topliss-reactive ketones (excluding diaryl/α,β-unsaturated/α-hetero) is 2. The second kappa shape index (κ2) is 9.73. The first-order valence-corrected chi connectivity index (χ1v) is 12.1. The lowest BCUT2D eigenvalue weighted by Gasteiger charge is -2.16. The molecule has 0 saturated carbocycles. The molecule has 5 aromatic rings. The van der Waals surface area contributed by atoms with Crippen molar-refractivity contribution in [3.63, 3.8) is 0 Å². The van der Waals surface area contributed by atoms with Crippen LogP contribution in [0.15, 0.2) is 42.9 Å². The van der Waals surface area contributed by atoms with E-state index < -0.39 is 102 Å². The maximum atomic E-state index is 13.6. The van der Waals surface area contributed by atoms with Crippen LogP contribution in [-0.4, -0.2) is 54.1 Å². The Bertz CT molecular complexity index is 2250. The Morgan fingerprint density at radius 1 is 0.721 bits per heavy atom. The molecule has 0 aliphatic rings. The van der Waals surface area contributed by atoms with E-state index >= 15 is 0 Å². The Hall–Kier alpha value is -6.18. The third kappa shape index (κ3) is 4.20. The van der Waals surface area contributed by atoms with Gasteiger partial charge in [-0.25, -0.2) is 9.59 Å². The highest BCUT2D eigenvalue weighted by molar-refractivity contribution is 6.14. The van der Waals surface area contributed by atoms with Crippen molar-refractivity contribution in [3.05, 3.63) is 78.3 Å². The number of carboxylic acid groups (broad SMARTS) is 2. The van der Waals surface area contributed by atoms with E-state index in [9.17, 15) is 59.4 Å². The summed E-state index contributed by atoms with van der Waals surface area (Å²) in [6.45, 7) is 2.16. The van der Waals surface area contributed by atoms with Gasteiger partial charge in [-0.05, 0) is 25.5 Å². The van der Waals surface area contributed by atoms with Crippen molar-refractivity contribution >= 4 is 56.4 Å². The van der Waals surface area contributed by atoms with Crippen LogP contribution in [-0.2, 0) is 6.42 Å². The van der Waals surface area contributed by atoms with E-state index in [4.69, 9.17) is 8.83 Å². The predicted octanol–water partition coefficient (Wildman–Crippen LogP) is 3.27. The molecule has 0 fully saturated rings. The molecule has 0 bridgehead atoms. The van der Waals surface area contributed by atoms with Gasteiger partial charge in [-0.15, -0.1) is 0 Å². The summed E-state index contributed by atoms with van der Waals surface area (Å²) in [7, 11) is 0. The zero-order valence-electron chi connectivity index (χ0n) is 22.0. The molecule has 43 heavy (non-hydrogen) atoms. The van der Waals surface area contributed by atoms with Gasteiger partial charge in [0.15, 0.2) is 40.0 Å². The van der Waals surface area contributed by atoms with Gasteiger partial charge in [0.2, 0.25) is 5.43 Å². The fraction of sp³-hybridized carbons (Fsp3) is 0.103. The normalized spacial score (nSPS) is 11.3. The lowest BCUT2D eigenvalue weighted by Crippen LogP contribution is -2.18. The SMILES string of the molecule is CC(=O)c1cc2c(=O)c3c(C(=O)O)c(O)c(O)cc3oc2c(C(C)=O)c1Cc1coc2cc(O)c(O)c(C(=O)O)c2c1=O. The van der Waals surface area contributed by atoms with Crippen LogP contribution in [0.25, 0.3) is 32.9 Å². The highest BCUT2D eigenvalue weighted by Gasteiger charge is 2.29. The molecule has 2 aromatic heterocycles. The average molecular weight is 590 g/mol. The maximum absolute atomic E-state index is 13.6. The van der Waals surface area contributed by atoms with Crippen LogP contribution in [0.3, 0.4) is 0 Å². The van der Waals surface area contributed by atoms with E-state index in [1.54, 1.807) is 0 Å². The fourth-order valence-electron chi connectivity index (χ4n) is 5.06. The van der Waals surface area contributed by atoms with Gasteiger partial charge in [-0.3, -0.25) is 19.2 Å². The van der Waals surface area contributed by atoms with Gasteiger partial charge < -0.3 is 39.5 Å². The van der Waals surface area contributed by atoms with E-state index in [2.05, 4.69) is 0 Å². The van der Waals surface area contributed by atoms with Crippen molar-refractivity contribution in [2.75, 3.05) is 0 Å². The van der Waals surface area contributed by atoms with Crippen LogP contribution in [0, 0.1) is 0 Å². The number of fused-ring (bicyclic) bond motifs is 3. The Balaban J connectivity index is 1.91. The Morgan fingerprint density at radius 3 is 1.77 bits per heavy atom. The van der Waals surface area contributed by atoms with Crippen LogP contribution < -0.4 is 10.9 Å². The van der Waals surface area contributed by atoms with Crippen LogP contribution >= 0.6 is 0 Å². The van der Waals surface area contributed by atoms with Crippen LogP contribution in [0.1, 0.15) is 66.4 Å². The van der Waals surface area contributed by atoms with E-state index in [0.717, 1.165) is 38.3 Å². The topological polar surface area (TPSA) is 250 Å². The second-order valence-corrected chi connectivity index (χ2v) is 9.56. The highest BCUT2D eigenvalue weighted by atomic mass is 16.4. The number of carbonyl (C=O) groups excluding carboxylic acids is 2. The van der Waals surface area contributed by atoms with Gasteiger partial charge in [-0.2, -0.15) is 0 Å². The summed E-state index contributed by atoms with van der Waals surface area (Å²) in [5.74, 6) is -8.97. The molecule has 3 aromatic carbocycles. The zero-order chi connectivity index (χ0) is 31.7. The number of carboxylic acids is 2. The van der Waals surface area contributed by atoms with Crippen molar-refractivity contribution < 1.29 is 58.7 Å². The smallest absolute Gasteiger partial charge is 0.340 e. The highest BCUT2D eigenvalue weighted by Crippen LogP contribution is 2.38. The van der Waals surface area contributed by atoms with E-state index in [-0.39, 0.29) is 27.8 Å². The summed E-state index contributed by atoms with van der Waals surface area (Å²) in [6.07, 6.45) is 0.350. The molecular weight excluding hydrogens is 572 g/mol. The Morgan fingerprint density at radius 2 is 1.26 bits per heavy atom. The van der Waals surface area contributed by atoms with Crippen molar-refractivity contribution in [1.29, 1.82) is 0 Å². The Kier molecular flexibility index (Phi) is 6.41. The number of benzene rings is 3. The van der Waals surface area contributed by atoms with Crippen molar-refractivity contribution in [1.82, 2.24) is 0 Å². The number of hydrogen-bond acceptors (Lipinski definition) is 12. The summed E-state index contributed by atoms with van der Waals surface area (Å²) in [5, 5.41) is 57.7. The molecule has 0 amide bonds. The molecule has 218 valence electrons. The summed E-state index contributed by atoms with van der Waals surface area (Å²) in [4.78, 5) is 76.5. The number of aromatic hydroxyl groups is 4. The summed E-state index contributed by atoms with van der Waals surface area (Å²) >= 11 is 0. The van der Waals surface area contributed by atoms with Crippen molar-refractivity contribution in [2.24, 2.45) is 0 Å². The zero-order valence-corrected chi connectivity index (χ0v) is 22.0. The minimum atomic E-state index is -1.77. The van der Waals surface area contributed by atoms with Crippen LogP contribution in [0.4, 0.5) is 0 Å². The minimum Gasteiger partial charge on any atom is -0.504 e. The quantitative estimate of drug-likeness (QED) is 0.0943. The first-order chi connectivity index (χ1) is 20.1. The minimum absolute atomic E-state index is 0.136. The summed E-state index contributed by atoms with van der Waals surface area (Å²) < 4.78 is 11.1. The molecule has 0 saturated heterocycles. The predicted molar refractivity (Wildman–Crippen MR) is 146 cm³/mol. The molecule has 0 radical (unpaired) electrons. The molecule has 0 atom stereocenters. The van der Waals surface area contributed by atoms with Crippen LogP contribution in [0.2, 0.25) is 0 Å². The molecule has 5 rings (SSSR count). The number of aromatic carboxylic acids is 2. The van der Waals surface area contributed by atoms with E-state index in [1.165, 1.54) is 0 Å². The second-order valence-electron chi connectivity index (χ2n) is 9.56. The third-order valence-corrected chi connectivity index (χ3v) is 6.93. The molecule has 0 unspecified atom stereocenters. The van der Waals surface area contributed by atoms with Gasteiger partial charge in [0.1, 0.15) is 27.9 Å². The maximum Gasteiger partial charge on any atom is 0.340 e. The number of ketones is 2. The van der Waals surface area contributed by atoms with Gasteiger partial charge in [0.25, 0.3) is 0 Å². The average Bonchev–Trinajstić information content (AvgIpc) is 2.91. The third-order valence-electron chi connectivity index (χ3n) is 6.93. The monoisotopic (exact) mass is 590 g/mol. The molecule has 0 aliphatic heterocycles. The number of hydrogen-bond donors (Lipinski definition) is 6. The standard InChI is InChI=1S/C29H18O14/c1-8(30)11-4-13-24(35)20-17(6-15(33)26(37)22(20)29(40)41)43-27(13)18(9(2)31)12(11)3-10-7-42-16-5-14(32)25(36)21(28(38)39)19(16)23(10)34/h4-7,32-33,36-37H,3H2,1-2H3,(H,38,39)(H,40,41). The van der Waals surface area contributed by atoms with Crippen molar-refractivity contribution in [3.8, 4) is 23.0 Å². The van der Waals surface area contributed by atoms with Gasteiger partial charge >= 0.3 is 11.9 Å². The fourth-order valence-corrected chi connectivity index (χ4v) is 5.06. The van der Waals surface area contributed by atoms with Crippen LogP contribution in [0.5, 0.6) is 23.0 Å². The number of carbonyl (C=O) groups is 4. The largest absolute Gasteiger partial charge is 0.504 e. The van der Waals surface area contributed by atoms with Crippen molar-refractivity contribution in [2.45, 2.75) is 20.3 Å². The molecular formula is C29H18O14. The molecule has 14 nitrogen and oxygen atoms in total. The first kappa shape index (κ1) is 28.4. The summed E-state index contributed by atoms with van der Waals surface area (Å²) in [5.41, 5.74) is -6.31. The van der Waals surface area contributed by atoms with Gasteiger partial charge in [0.05, 0.1) is 28.0 Å². The first-order valence-electron chi connectivity index (χ1n) is 12.1. The number of phenolic OH excluding ortho intramolecular Hbond substituents is 2. The number of rotatable bonds is 6. The molecule has 14 heteroatoms. The molecule has 6 N–H and O–H groups in total. The Labute approximate surface area is 236 Å². The lowest BCUT2D eigenvalue weighted by molar-refractivity contribution is 0.0684. The van der Waals surface area contributed by atoms with E-state index in [1.807, 2.05) is 0 Å². The molecule has 0 spiro atoms. The molecule has 0 aliphatic carbocycles. The lowest BCUT2D eigenvalue weighted by atomic mass is 9.88. The summed E-state index contributed by atoms with van der Waals surface area (Å²) in [6, 6.07) is 2.63. The van der Waals surface area contributed by atoms with Gasteiger partial charge in [0, 0.05) is 29.7 Å². The molecule has 2 heterocycles. The number of phenols is 4. The van der Waals surface area contributed by atoms with Gasteiger partial charge in [-0.1, -0.05) is 0 Å². The van der Waals surface area contributed by atoms with E-state index in [0.29, 0.717) is 0 Å².